The Kier molecular flexibility index (Phi) is 9.84. The molecule has 2 aromatic carbocycles. The molecule has 0 aliphatic carbocycles. The summed E-state index contributed by atoms with van der Waals surface area (Å²) in [5.41, 5.74) is 2.66. The number of halogens is 2. The van der Waals surface area contributed by atoms with E-state index in [1.165, 1.54) is 5.56 Å². The fourth-order valence-electron chi connectivity index (χ4n) is 3.58. The molecule has 1 fully saturated rings. The molecule has 1 aliphatic heterocycles. The number of anilines is 1. The average molecular weight is 526 g/mol. The maximum absolute atomic E-state index is 14.7. The molecule has 2 aromatic rings. The van der Waals surface area contributed by atoms with Crippen LogP contribution in [0.25, 0.3) is 0 Å². The van der Waals surface area contributed by atoms with Gasteiger partial charge in [0.1, 0.15) is 5.82 Å². The summed E-state index contributed by atoms with van der Waals surface area (Å²) in [6.45, 7) is 5.34. The molecular formula is C23H32FIN4O. The predicted molar refractivity (Wildman–Crippen MR) is 132 cm³/mol. The Labute approximate surface area is 196 Å². The number of hydrogen-bond donors (Lipinski definition) is 2. The van der Waals surface area contributed by atoms with Crippen molar-refractivity contribution < 1.29 is 9.50 Å². The number of aliphatic imine (C=N–C) groups is 1. The summed E-state index contributed by atoms with van der Waals surface area (Å²) in [6, 6.07) is 15.6. The average Bonchev–Trinajstić information content (AvgIpc) is 2.72. The van der Waals surface area contributed by atoms with Crippen LogP contribution >= 0.6 is 24.0 Å². The van der Waals surface area contributed by atoms with E-state index >= 15 is 0 Å². The molecule has 0 amide bonds. The van der Waals surface area contributed by atoms with Gasteiger partial charge in [0.15, 0.2) is 5.96 Å². The lowest BCUT2D eigenvalue weighted by molar-refractivity contribution is 0.145. The molecule has 0 spiro atoms. The van der Waals surface area contributed by atoms with Crippen LogP contribution in [0.5, 0.6) is 0 Å². The number of nitrogens with one attached hydrogen (secondary N) is 1. The smallest absolute Gasteiger partial charge is 0.194 e. The van der Waals surface area contributed by atoms with E-state index in [0.29, 0.717) is 38.2 Å². The quantitative estimate of drug-likeness (QED) is 0.340. The van der Waals surface area contributed by atoms with Crippen molar-refractivity contribution in [1.29, 1.82) is 0 Å². The van der Waals surface area contributed by atoms with Crippen LogP contribution in [-0.2, 0) is 13.1 Å². The number of piperidine rings is 1. The lowest BCUT2D eigenvalue weighted by atomic mass is 10.1. The highest BCUT2D eigenvalue weighted by Crippen LogP contribution is 2.24. The van der Waals surface area contributed by atoms with E-state index in [1.807, 2.05) is 49.2 Å². The summed E-state index contributed by atoms with van der Waals surface area (Å²) < 4.78 is 14.7. The predicted octanol–water partition coefficient (Wildman–Crippen LogP) is 4.00. The van der Waals surface area contributed by atoms with Crippen molar-refractivity contribution in [2.24, 2.45) is 4.99 Å². The van der Waals surface area contributed by atoms with Crippen LogP contribution in [0.2, 0.25) is 0 Å². The number of aliphatic hydroxyl groups is 1. The second-order valence-electron chi connectivity index (χ2n) is 7.52. The highest BCUT2D eigenvalue weighted by atomic mass is 127. The van der Waals surface area contributed by atoms with E-state index in [2.05, 4.69) is 22.3 Å². The molecule has 0 radical (unpaired) electrons. The van der Waals surface area contributed by atoms with Gasteiger partial charge in [0, 0.05) is 33.2 Å². The van der Waals surface area contributed by atoms with Crippen LogP contribution in [0.3, 0.4) is 0 Å². The monoisotopic (exact) mass is 526 g/mol. The molecule has 2 N–H and O–H groups in total. The molecule has 0 unspecified atom stereocenters. The van der Waals surface area contributed by atoms with Crippen molar-refractivity contribution in [2.45, 2.75) is 39.0 Å². The molecule has 1 aliphatic rings. The Morgan fingerprint density at radius 2 is 1.87 bits per heavy atom. The molecule has 3 rings (SSSR count). The van der Waals surface area contributed by atoms with E-state index in [0.717, 1.165) is 24.6 Å². The summed E-state index contributed by atoms with van der Waals surface area (Å²) in [6.07, 6.45) is 1.11. The van der Waals surface area contributed by atoms with Gasteiger partial charge in [0.2, 0.25) is 0 Å². The topological polar surface area (TPSA) is 51.1 Å². The van der Waals surface area contributed by atoms with Crippen LogP contribution in [0.1, 0.15) is 30.9 Å². The second-order valence-corrected chi connectivity index (χ2v) is 7.52. The minimum atomic E-state index is -0.264. The standard InChI is InChI=1S/C23H31FN4O.HI/c1-3-25-23(27(2)17-18-7-5-4-6-8-18)26-16-19-9-10-22(21(24)15-19)28-13-11-20(29)12-14-28;/h4-10,15,20,29H,3,11-14,16-17H2,1-2H3,(H,25,26);1H. The molecule has 0 saturated carbocycles. The molecule has 1 saturated heterocycles. The third kappa shape index (κ3) is 6.84. The van der Waals surface area contributed by atoms with Crippen molar-refractivity contribution in [3.05, 3.63) is 65.5 Å². The first-order valence-corrected chi connectivity index (χ1v) is 10.3. The molecule has 0 atom stereocenters. The summed E-state index contributed by atoms with van der Waals surface area (Å²) in [4.78, 5) is 8.77. The number of hydrogen-bond acceptors (Lipinski definition) is 3. The number of guanidine groups is 1. The maximum Gasteiger partial charge on any atom is 0.194 e. The first kappa shape index (κ1) is 24.4. The van der Waals surface area contributed by atoms with Crippen LogP contribution in [0.4, 0.5) is 10.1 Å². The molecule has 30 heavy (non-hydrogen) atoms. The Morgan fingerprint density at radius 3 is 2.50 bits per heavy atom. The van der Waals surface area contributed by atoms with E-state index in [9.17, 15) is 9.50 Å². The van der Waals surface area contributed by atoms with Crippen molar-refractivity contribution in [3.8, 4) is 0 Å². The number of rotatable bonds is 6. The SMILES string of the molecule is CCNC(=NCc1ccc(N2CCC(O)CC2)c(F)c1)N(C)Cc1ccccc1.I. The minimum absolute atomic E-state index is 0. The third-order valence-electron chi connectivity index (χ3n) is 5.19. The van der Waals surface area contributed by atoms with Gasteiger partial charge in [-0.25, -0.2) is 9.38 Å². The molecule has 5 nitrogen and oxygen atoms in total. The van der Waals surface area contributed by atoms with Gasteiger partial charge in [0.05, 0.1) is 18.3 Å². The molecule has 1 heterocycles. The molecule has 0 bridgehead atoms. The molecular weight excluding hydrogens is 494 g/mol. The fourth-order valence-corrected chi connectivity index (χ4v) is 3.58. The van der Waals surface area contributed by atoms with Gasteiger partial charge in [-0.1, -0.05) is 36.4 Å². The highest BCUT2D eigenvalue weighted by molar-refractivity contribution is 14.0. The van der Waals surface area contributed by atoms with Gasteiger partial charge in [-0.3, -0.25) is 0 Å². The first-order valence-electron chi connectivity index (χ1n) is 10.3. The lowest BCUT2D eigenvalue weighted by Gasteiger charge is -2.31. The van der Waals surface area contributed by atoms with Crippen LogP contribution < -0.4 is 10.2 Å². The maximum atomic E-state index is 14.7. The molecule has 0 aromatic heterocycles. The Bertz CT molecular complexity index is 810. The number of nitrogens with zero attached hydrogens (tertiary/aromatic N) is 3. The fraction of sp³-hybridized carbons (Fsp3) is 0.435. The van der Waals surface area contributed by atoms with Gasteiger partial charge >= 0.3 is 0 Å². The summed E-state index contributed by atoms with van der Waals surface area (Å²) >= 11 is 0. The van der Waals surface area contributed by atoms with Crippen LogP contribution in [0, 0.1) is 5.82 Å². The number of aliphatic hydroxyl groups excluding tert-OH is 1. The van der Waals surface area contributed by atoms with Crippen molar-refractivity contribution in [2.75, 3.05) is 31.6 Å². The van der Waals surface area contributed by atoms with Crippen LogP contribution in [0.15, 0.2) is 53.5 Å². The van der Waals surface area contributed by atoms with Gasteiger partial charge in [-0.05, 0) is 43.0 Å². The van der Waals surface area contributed by atoms with Gasteiger partial charge in [0.25, 0.3) is 0 Å². The molecule has 164 valence electrons. The first-order chi connectivity index (χ1) is 14.1. The van der Waals surface area contributed by atoms with E-state index < -0.39 is 0 Å². The van der Waals surface area contributed by atoms with Gasteiger partial charge in [-0.15, -0.1) is 24.0 Å². The van der Waals surface area contributed by atoms with Crippen molar-refractivity contribution in [3.63, 3.8) is 0 Å². The Hall–Kier alpha value is -1.87. The lowest BCUT2D eigenvalue weighted by Crippen LogP contribution is -2.38. The second kappa shape index (κ2) is 12.1. The minimum Gasteiger partial charge on any atom is -0.393 e. The number of benzene rings is 2. The van der Waals surface area contributed by atoms with Crippen LogP contribution in [-0.4, -0.2) is 48.8 Å². The largest absolute Gasteiger partial charge is 0.393 e. The van der Waals surface area contributed by atoms with Crippen molar-refractivity contribution in [1.82, 2.24) is 10.2 Å². The zero-order chi connectivity index (χ0) is 20.6. The van der Waals surface area contributed by atoms with Gasteiger partial charge < -0.3 is 20.2 Å². The Balaban J connectivity index is 0.00000320. The Morgan fingerprint density at radius 1 is 1.17 bits per heavy atom. The summed E-state index contributed by atoms with van der Waals surface area (Å²) in [5, 5.41) is 13.0. The van der Waals surface area contributed by atoms with E-state index in [1.54, 1.807) is 6.07 Å². The highest BCUT2D eigenvalue weighted by Gasteiger charge is 2.19. The summed E-state index contributed by atoms with van der Waals surface area (Å²) in [7, 11) is 2.00. The summed E-state index contributed by atoms with van der Waals surface area (Å²) in [5.74, 6) is 0.572. The van der Waals surface area contributed by atoms with Crippen molar-refractivity contribution >= 4 is 35.6 Å². The zero-order valence-corrected chi connectivity index (χ0v) is 20.1. The third-order valence-corrected chi connectivity index (χ3v) is 5.19. The van der Waals surface area contributed by atoms with E-state index in [4.69, 9.17) is 4.99 Å². The normalized spacial score (nSPS) is 14.9. The zero-order valence-electron chi connectivity index (χ0n) is 17.7. The van der Waals surface area contributed by atoms with E-state index in [-0.39, 0.29) is 35.9 Å². The van der Waals surface area contributed by atoms with Gasteiger partial charge in [-0.2, -0.15) is 0 Å². The molecule has 7 heteroatoms.